The lowest BCUT2D eigenvalue weighted by Gasteiger charge is -2.20. The van der Waals surface area contributed by atoms with Crippen molar-refractivity contribution in [2.45, 2.75) is 13.5 Å². The van der Waals surface area contributed by atoms with Gasteiger partial charge in [-0.15, -0.1) is 0 Å². The molecule has 4 aromatic carbocycles. The average Bonchev–Trinajstić information content (AvgIpc) is 3.47. The van der Waals surface area contributed by atoms with Gasteiger partial charge in [-0.2, -0.15) is 0 Å². The van der Waals surface area contributed by atoms with Gasteiger partial charge >= 0.3 is 5.97 Å². The van der Waals surface area contributed by atoms with Crippen molar-refractivity contribution in [3.05, 3.63) is 118 Å². The summed E-state index contributed by atoms with van der Waals surface area (Å²) in [6, 6.07) is 25.8. The van der Waals surface area contributed by atoms with Crippen LogP contribution in [0.25, 0.3) is 22.3 Å². The Hall–Kier alpha value is -4.43. The number of ketones is 2. The van der Waals surface area contributed by atoms with E-state index in [4.69, 9.17) is 14.5 Å². The molecular formula is C34H29NO6. The molecule has 7 nitrogen and oxygen atoms in total. The highest BCUT2D eigenvalue weighted by Gasteiger charge is 2.31. The van der Waals surface area contributed by atoms with Crippen molar-refractivity contribution >= 4 is 17.5 Å². The predicted molar refractivity (Wildman–Crippen MR) is 154 cm³/mol. The molecule has 0 aromatic heterocycles. The van der Waals surface area contributed by atoms with E-state index in [-0.39, 0.29) is 24.8 Å². The van der Waals surface area contributed by atoms with Crippen molar-refractivity contribution in [2.24, 2.45) is 0 Å². The minimum atomic E-state index is -0.447. The van der Waals surface area contributed by atoms with E-state index >= 15 is 0 Å². The number of hydrogen-bond donors (Lipinski definition) is 0. The Morgan fingerprint density at radius 1 is 0.634 bits per heavy atom. The van der Waals surface area contributed by atoms with Crippen molar-refractivity contribution in [3.63, 3.8) is 0 Å². The number of esters is 1. The minimum Gasteiger partial charge on any atom is -0.461 e. The van der Waals surface area contributed by atoms with Gasteiger partial charge in [0.15, 0.2) is 11.6 Å². The first-order valence-corrected chi connectivity index (χ1v) is 13.8. The molecule has 0 radical (unpaired) electrons. The standard InChI is InChI=1S/C34H29NO6/c1-2-35(17-19-39-34(38)29-16-8-15-28-31(29)24-11-4-6-13-26(24)33(28)37)18-20-40-41-21-22-9-7-14-27-30(22)23-10-3-5-12-25(23)32(27)36/h3-16H,2,17-21H2,1H3. The Morgan fingerprint density at radius 3 is 1.88 bits per heavy atom. The zero-order valence-electron chi connectivity index (χ0n) is 22.7. The number of hydrogen-bond acceptors (Lipinski definition) is 7. The van der Waals surface area contributed by atoms with E-state index in [1.165, 1.54) is 0 Å². The number of carbonyl (C=O) groups is 3. The summed E-state index contributed by atoms with van der Waals surface area (Å²) in [7, 11) is 0. The molecule has 2 aliphatic carbocycles. The van der Waals surface area contributed by atoms with Gasteiger partial charge in [0, 0.05) is 40.9 Å². The van der Waals surface area contributed by atoms with Gasteiger partial charge in [0.25, 0.3) is 0 Å². The van der Waals surface area contributed by atoms with Gasteiger partial charge in [-0.25, -0.2) is 14.6 Å². The zero-order chi connectivity index (χ0) is 28.3. The first-order chi connectivity index (χ1) is 20.1. The first-order valence-electron chi connectivity index (χ1n) is 13.8. The Labute approximate surface area is 238 Å². The van der Waals surface area contributed by atoms with Gasteiger partial charge in [0.1, 0.15) is 13.2 Å². The Kier molecular flexibility index (Phi) is 7.57. The third-order valence-electron chi connectivity index (χ3n) is 7.68. The van der Waals surface area contributed by atoms with Crippen molar-refractivity contribution in [1.82, 2.24) is 4.90 Å². The van der Waals surface area contributed by atoms with E-state index in [1.54, 1.807) is 24.3 Å². The summed E-state index contributed by atoms with van der Waals surface area (Å²) in [6.07, 6.45) is 0. The first kappa shape index (κ1) is 26.8. The summed E-state index contributed by atoms with van der Waals surface area (Å²) in [5.74, 6) is -0.482. The molecule has 7 heteroatoms. The van der Waals surface area contributed by atoms with Crippen molar-refractivity contribution < 1.29 is 28.9 Å². The molecule has 0 aliphatic heterocycles. The fourth-order valence-corrected chi connectivity index (χ4v) is 5.62. The van der Waals surface area contributed by atoms with Gasteiger partial charge in [0.2, 0.25) is 0 Å². The maximum Gasteiger partial charge on any atom is 0.338 e. The topological polar surface area (TPSA) is 82.1 Å². The minimum absolute atomic E-state index is 0.0348. The number of carbonyl (C=O) groups excluding carboxylic acids is 3. The van der Waals surface area contributed by atoms with E-state index in [9.17, 15) is 14.4 Å². The van der Waals surface area contributed by atoms with Crippen LogP contribution in [0.15, 0.2) is 84.9 Å². The third kappa shape index (κ3) is 5.00. The van der Waals surface area contributed by atoms with E-state index in [0.717, 1.165) is 28.8 Å². The molecule has 0 N–H and O–H groups in total. The second-order valence-electron chi connectivity index (χ2n) is 9.97. The number of ether oxygens (including phenoxy) is 1. The molecular weight excluding hydrogens is 518 g/mol. The fraction of sp³-hybridized carbons (Fsp3) is 0.206. The molecule has 0 amide bonds. The van der Waals surface area contributed by atoms with E-state index in [1.807, 2.05) is 67.6 Å². The number of fused-ring (bicyclic) bond motifs is 6. The second-order valence-corrected chi connectivity index (χ2v) is 9.97. The summed E-state index contributed by atoms with van der Waals surface area (Å²) < 4.78 is 5.61. The molecule has 0 spiro atoms. The quantitative estimate of drug-likeness (QED) is 0.0886. The van der Waals surface area contributed by atoms with Crippen LogP contribution in [0.2, 0.25) is 0 Å². The molecule has 0 bridgehead atoms. The monoisotopic (exact) mass is 547 g/mol. The van der Waals surface area contributed by atoms with E-state index < -0.39 is 5.97 Å². The van der Waals surface area contributed by atoms with Crippen molar-refractivity contribution in [1.29, 1.82) is 0 Å². The number of nitrogens with zero attached hydrogens (tertiary/aromatic N) is 1. The third-order valence-corrected chi connectivity index (χ3v) is 7.68. The Balaban J connectivity index is 0.988. The Morgan fingerprint density at radius 2 is 1.20 bits per heavy atom. The summed E-state index contributed by atoms with van der Waals surface area (Å²) >= 11 is 0. The average molecular weight is 548 g/mol. The van der Waals surface area contributed by atoms with Crippen LogP contribution < -0.4 is 0 Å². The lowest BCUT2D eigenvalue weighted by atomic mass is 9.99. The molecule has 0 heterocycles. The summed E-state index contributed by atoms with van der Waals surface area (Å²) in [4.78, 5) is 51.5. The Bertz CT molecular complexity index is 1660. The lowest BCUT2D eigenvalue weighted by molar-refractivity contribution is -0.304. The van der Waals surface area contributed by atoms with Crippen LogP contribution in [0.4, 0.5) is 0 Å². The molecule has 0 unspecified atom stereocenters. The normalized spacial score (nSPS) is 12.7. The van der Waals surface area contributed by atoms with Crippen LogP contribution in [0, 0.1) is 0 Å². The van der Waals surface area contributed by atoms with Crippen LogP contribution in [-0.2, 0) is 21.1 Å². The van der Waals surface area contributed by atoms with E-state index in [0.29, 0.717) is 53.1 Å². The van der Waals surface area contributed by atoms with Crippen LogP contribution in [0.1, 0.15) is 54.7 Å². The molecule has 0 atom stereocenters. The van der Waals surface area contributed by atoms with Gasteiger partial charge in [-0.1, -0.05) is 85.8 Å². The maximum atomic E-state index is 13.0. The highest BCUT2D eigenvalue weighted by atomic mass is 17.2. The molecule has 0 saturated heterocycles. The van der Waals surface area contributed by atoms with Gasteiger partial charge in [-0.05, 0) is 34.9 Å². The lowest BCUT2D eigenvalue weighted by Crippen LogP contribution is -2.31. The van der Waals surface area contributed by atoms with Gasteiger partial charge < -0.3 is 4.74 Å². The molecule has 0 saturated carbocycles. The van der Waals surface area contributed by atoms with E-state index in [2.05, 4.69) is 4.90 Å². The highest BCUT2D eigenvalue weighted by molar-refractivity contribution is 6.24. The van der Waals surface area contributed by atoms with Crippen LogP contribution in [0.5, 0.6) is 0 Å². The van der Waals surface area contributed by atoms with Gasteiger partial charge in [0.05, 0.1) is 12.2 Å². The molecule has 2 aliphatic rings. The molecule has 206 valence electrons. The van der Waals surface area contributed by atoms with Crippen LogP contribution >= 0.6 is 0 Å². The van der Waals surface area contributed by atoms with Gasteiger partial charge in [-0.3, -0.25) is 14.5 Å². The molecule has 41 heavy (non-hydrogen) atoms. The summed E-state index contributed by atoms with van der Waals surface area (Å²) in [5.41, 5.74) is 7.09. The molecule has 0 fully saturated rings. The SMILES string of the molecule is CCN(CCOOCc1cccc2c1-c1ccccc1C2=O)CCOC(=O)c1cccc2c1-c1ccccc1C2=O. The second kappa shape index (κ2) is 11.6. The maximum absolute atomic E-state index is 13.0. The molecule has 6 rings (SSSR count). The smallest absolute Gasteiger partial charge is 0.338 e. The number of rotatable bonds is 11. The summed E-state index contributed by atoms with van der Waals surface area (Å²) in [6.45, 7) is 4.65. The largest absolute Gasteiger partial charge is 0.461 e. The number of benzene rings is 4. The predicted octanol–water partition coefficient (Wildman–Crippen LogP) is 5.74. The van der Waals surface area contributed by atoms with Crippen LogP contribution in [0.3, 0.4) is 0 Å². The fourth-order valence-electron chi connectivity index (χ4n) is 5.62. The zero-order valence-corrected chi connectivity index (χ0v) is 22.7. The van der Waals surface area contributed by atoms with Crippen molar-refractivity contribution in [3.8, 4) is 22.3 Å². The van der Waals surface area contributed by atoms with Crippen LogP contribution in [-0.4, -0.2) is 55.3 Å². The molecule has 4 aromatic rings. The summed E-state index contributed by atoms with van der Waals surface area (Å²) in [5, 5.41) is 0. The highest BCUT2D eigenvalue weighted by Crippen LogP contribution is 2.40. The number of likely N-dealkylation sites (N-methyl/N-ethyl adjacent to an activating group) is 1. The van der Waals surface area contributed by atoms with Crippen molar-refractivity contribution in [2.75, 3.05) is 32.8 Å².